The van der Waals surface area contributed by atoms with Gasteiger partial charge >= 0.3 is 0 Å². The van der Waals surface area contributed by atoms with E-state index in [0.717, 1.165) is 0 Å². The lowest BCUT2D eigenvalue weighted by molar-refractivity contribution is 0.299. The lowest BCUT2D eigenvalue weighted by Gasteiger charge is -2.32. The highest BCUT2D eigenvalue weighted by Gasteiger charge is 2.27. The van der Waals surface area contributed by atoms with Crippen molar-refractivity contribution in [3.05, 3.63) is 0 Å². The largest absolute Gasteiger partial charge is 0.370 e. The zero-order valence-corrected chi connectivity index (χ0v) is 9.50. The molecule has 5 nitrogen and oxygen atoms in total. The molecule has 0 bridgehead atoms. The van der Waals surface area contributed by atoms with Crippen molar-refractivity contribution in [2.75, 3.05) is 14.1 Å². The molecule has 3 N–H and O–H groups in total. The lowest BCUT2D eigenvalue weighted by atomic mass is 9.92. The van der Waals surface area contributed by atoms with E-state index in [1.54, 1.807) is 0 Å². The molecular weight excluding hydrogens is 178 g/mol. The van der Waals surface area contributed by atoms with E-state index in [1.807, 2.05) is 19.0 Å². The maximum absolute atomic E-state index is 5.68. The van der Waals surface area contributed by atoms with E-state index in [0.29, 0.717) is 11.9 Å². The van der Waals surface area contributed by atoms with Gasteiger partial charge in [-0.05, 0) is 0 Å². The molecule has 80 valence electrons. The second-order valence-corrected chi connectivity index (χ2v) is 4.73. The summed E-state index contributed by atoms with van der Waals surface area (Å²) in [6, 6.07) is 0. The number of guanidine groups is 2. The highest BCUT2D eigenvalue weighted by atomic mass is 15.3. The zero-order valence-electron chi connectivity index (χ0n) is 9.50. The first-order valence-corrected chi connectivity index (χ1v) is 4.66. The van der Waals surface area contributed by atoms with Crippen molar-refractivity contribution in [3.8, 4) is 0 Å². The molecule has 1 atom stereocenters. The maximum atomic E-state index is 5.68. The fraction of sp³-hybridized carbons (Fsp3) is 0.778. The summed E-state index contributed by atoms with van der Waals surface area (Å²) in [4.78, 5) is 10.4. The van der Waals surface area contributed by atoms with E-state index in [2.05, 4.69) is 36.1 Å². The molecule has 1 aliphatic heterocycles. The van der Waals surface area contributed by atoms with Crippen LogP contribution in [0.5, 0.6) is 0 Å². The van der Waals surface area contributed by atoms with Crippen molar-refractivity contribution in [2.45, 2.75) is 26.9 Å². The van der Waals surface area contributed by atoms with Gasteiger partial charge in [0.1, 0.15) is 6.17 Å². The molecule has 1 rings (SSSR count). The first-order valence-electron chi connectivity index (χ1n) is 4.66. The number of hydrogen-bond acceptors (Lipinski definition) is 5. The van der Waals surface area contributed by atoms with Crippen LogP contribution in [0, 0.1) is 5.41 Å². The Kier molecular flexibility index (Phi) is 2.69. The van der Waals surface area contributed by atoms with Gasteiger partial charge in [0.15, 0.2) is 5.96 Å². The van der Waals surface area contributed by atoms with E-state index < -0.39 is 0 Å². The van der Waals surface area contributed by atoms with Crippen molar-refractivity contribution >= 4 is 11.9 Å². The van der Waals surface area contributed by atoms with Gasteiger partial charge in [-0.3, -0.25) is 0 Å². The van der Waals surface area contributed by atoms with Crippen molar-refractivity contribution in [1.29, 1.82) is 0 Å². The Hall–Kier alpha value is -1.26. The van der Waals surface area contributed by atoms with Crippen LogP contribution in [0.4, 0.5) is 0 Å². The molecule has 0 saturated carbocycles. The standard InChI is InChI=1S/C9H19N5/c1-9(2,3)6-11-7(10)13-8(12-6)14(4)5/h6H,1-5H3,(H3,10,11,12,13). The van der Waals surface area contributed by atoms with Gasteiger partial charge in [0.05, 0.1) is 0 Å². The number of aliphatic imine (C=N–C) groups is 2. The molecule has 14 heavy (non-hydrogen) atoms. The zero-order chi connectivity index (χ0) is 10.9. The van der Waals surface area contributed by atoms with Crippen molar-refractivity contribution in [1.82, 2.24) is 10.2 Å². The highest BCUT2D eigenvalue weighted by Crippen LogP contribution is 2.21. The van der Waals surface area contributed by atoms with Crippen LogP contribution < -0.4 is 11.1 Å². The summed E-state index contributed by atoms with van der Waals surface area (Å²) in [5.41, 5.74) is 5.71. The molecule has 1 unspecified atom stereocenters. The summed E-state index contributed by atoms with van der Waals surface area (Å²) >= 11 is 0. The number of nitrogens with zero attached hydrogens (tertiary/aromatic N) is 3. The molecule has 0 aromatic heterocycles. The summed E-state index contributed by atoms with van der Waals surface area (Å²) < 4.78 is 0. The number of rotatable bonds is 0. The predicted octanol–water partition coefficient (Wildman–Crippen LogP) is 0.194. The maximum Gasteiger partial charge on any atom is 0.225 e. The van der Waals surface area contributed by atoms with Gasteiger partial charge in [-0.15, -0.1) is 0 Å². The highest BCUT2D eigenvalue weighted by molar-refractivity contribution is 5.95. The van der Waals surface area contributed by atoms with Gasteiger partial charge in [-0.25, -0.2) is 4.99 Å². The van der Waals surface area contributed by atoms with Gasteiger partial charge in [-0.1, -0.05) is 20.8 Å². The second kappa shape index (κ2) is 3.48. The van der Waals surface area contributed by atoms with Crippen LogP contribution >= 0.6 is 0 Å². The van der Waals surface area contributed by atoms with Crippen LogP contribution in [-0.2, 0) is 0 Å². The van der Waals surface area contributed by atoms with Crippen LogP contribution in [-0.4, -0.2) is 37.1 Å². The van der Waals surface area contributed by atoms with Crippen molar-refractivity contribution < 1.29 is 0 Å². The SMILES string of the molecule is CN(C)C1=NC(C(C)(C)C)NC(N)=N1. The summed E-state index contributed by atoms with van der Waals surface area (Å²) in [6.07, 6.45) is -0.0163. The van der Waals surface area contributed by atoms with Crippen molar-refractivity contribution in [2.24, 2.45) is 21.1 Å². The van der Waals surface area contributed by atoms with Gasteiger partial charge in [0.25, 0.3) is 0 Å². The summed E-state index contributed by atoms with van der Waals surface area (Å²) in [5, 5.41) is 3.05. The fourth-order valence-corrected chi connectivity index (χ4v) is 1.08. The minimum atomic E-state index is -0.0163. The number of nitrogens with two attached hydrogens (primary N) is 1. The average Bonchev–Trinajstić information content (AvgIpc) is 2.01. The second-order valence-electron chi connectivity index (χ2n) is 4.73. The Bertz CT molecular complexity index is 271. The average molecular weight is 197 g/mol. The third-order valence-corrected chi connectivity index (χ3v) is 1.97. The van der Waals surface area contributed by atoms with Crippen LogP contribution in [0.3, 0.4) is 0 Å². The van der Waals surface area contributed by atoms with Gasteiger partial charge in [0.2, 0.25) is 5.96 Å². The third kappa shape index (κ3) is 2.37. The molecule has 5 heteroatoms. The summed E-state index contributed by atoms with van der Waals surface area (Å²) in [7, 11) is 3.81. The number of hydrogen-bond donors (Lipinski definition) is 2. The minimum absolute atomic E-state index is 0.0163. The summed E-state index contributed by atoms with van der Waals surface area (Å²) in [5.74, 6) is 1.10. The predicted molar refractivity (Wildman–Crippen MR) is 59.1 cm³/mol. The molecule has 1 aliphatic rings. The fourth-order valence-electron chi connectivity index (χ4n) is 1.08. The van der Waals surface area contributed by atoms with E-state index >= 15 is 0 Å². The van der Waals surface area contributed by atoms with E-state index in [-0.39, 0.29) is 11.6 Å². The van der Waals surface area contributed by atoms with Crippen LogP contribution in [0.2, 0.25) is 0 Å². The van der Waals surface area contributed by atoms with E-state index in [1.165, 1.54) is 0 Å². The third-order valence-electron chi connectivity index (χ3n) is 1.97. The monoisotopic (exact) mass is 197 g/mol. The van der Waals surface area contributed by atoms with Crippen LogP contribution in [0.1, 0.15) is 20.8 Å². The Morgan fingerprint density at radius 3 is 2.36 bits per heavy atom. The van der Waals surface area contributed by atoms with E-state index in [9.17, 15) is 0 Å². The molecule has 0 saturated heterocycles. The molecule has 0 aromatic carbocycles. The van der Waals surface area contributed by atoms with Gasteiger partial charge in [0, 0.05) is 19.5 Å². The van der Waals surface area contributed by atoms with Gasteiger partial charge in [-0.2, -0.15) is 4.99 Å². The first kappa shape index (κ1) is 10.8. The Morgan fingerprint density at radius 1 is 1.36 bits per heavy atom. The summed E-state index contributed by atoms with van der Waals surface area (Å²) in [6.45, 7) is 6.33. The normalized spacial score (nSPS) is 22.2. The molecule has 0 radical (unpaired) electrons. The topological polar surface area (TPSA) is 66.0 Å². The quantitative estimate of drug-likeness (QED) is 0.583. The minimum Gasteiger partial charge on any atom is -0.370 e. The Morgan fingerprint density at radius 2 is 1.93 bits per heavy atom. The van der Waals surface area contributed by atoms with E-state index in [4.69, 9.17) is 5.73 Å². The first-order chi connectivity index (χ1) is 6.30. The van der Waals surface area contributed by atoms with Crippen LogP contribution in [0.25, 0.3) is 0 Å². The molecular formula is C9H19N5. The number of nitrogens with one attached hydrogen (secondary N) is 1. The molecule has 0 aliphatic carbocycles. The van der Waals surface area contributed by atoms with Crippen molar-refractivity contribution in [3.63, 3.8) is 0 Å². The molecule has 0 spiro atoms. The molecule has 1 heterocycles. The Balaban J connectivity index is 2.91. The smallest absolute Gasteiger partial charge is 0.225 e. The lowest BCUT2D eigenvalue weighted by Crippen LogP contribution is -2.50. The Labute approximate surface area is 85.1 Å². The van der Waals surface area contributed by atoms with Crippen LogP contribution in [0.15, 0.2) is 9.98 Å². The molecule has 0 amide bonds. The molecule has 0 fully saturated rings. The molecule has 0 aromatic rings. The van der Waals surface area contributed by atoms with Gasteiger partial charge < -0.3 is 16.0 Å².